The van der Waals surface area contributed by atoms with E-state index in [1.54, 1.807) is 22.9 Å². The monoisotopic (exact) mass is 362 g/mol. The van der Waals surface area contributed by atoms with Crippen LogP contribution < -0.4 is 10.2 Å². The highest BCUT2D eigenvalue weighted by Crippen LogP contribution is 2.14. The van der Waals surface area contributed by atoms with Crippen LogP contribution in [0, 0.1) is 5.82 Å². The smallest absolute Gasteiger partial charge is 0.222 e. The van der Waals surface area contributed by atoms with E-state index in [1.807, 2.05) is 18.2 Å². The molecule has 2 aromatic carbocycles. The van der Waals surface area contributed by atoms with E-state index >= 15 is 0 Å². The fourth-order valence-corrected chi connectivity index (χ4v) is 2.59. The molecule has 0 N–H and O–H groups in total. The second kappa shape index (κ2) is 6.27. The average Bonchev–Trinajstić information content (AvgIpc) is 2.52. The molecule has 3 rings (SSSR count). The lowest BCUT2D eigenvalue weighted by molar-refractivity contribution is 0.291. The molecule has 4 nitrogen and oxygen atoms in total. The molecule has 0 saturated carbocycles. The number of hydrogen-bond donors (Lipinski definition) is 0. The molecule has 0 aliphatic rings. The zero-order valence-electron chi connectivity index (χ0n) is 11.5. The van der Waals surface area contributed by atoms with Crippen LogP contribution >= 0.6 is 15.9 Å². The van der Waals surface area contributed by atoms with Crippen molar-refractivity contribution in [2.24, 2.45) is 0 Å². The highest BCUT2D eigenvalue weighted by molar-refractivity contribution is 9.10. The van der Waals surface area contributed by atoms with Crippen molar-refractivity contribution >= 4 is 26.8 Å². The van der Waals surface area contributed by atoms with E-state index in [2.05, 4.69) is 21.0 Å². The van der Waals surface area contributed by atoms with Crippen molar-refractivity contribution in [2.45, 2.75) is 6.54 Å². The van der Waals surface area contributed by atoms with Gasteiger partial charge in [0, 0.05) is 6.07 Å². The first-order valence-electron chi connectivity index (χ1n) is 6.69. The van der Waals surface area contributed by atoms with Crippen LogP contribution in [0.15, 0.2) is 57.9 Å². The molecule has 0 fully saturated rings. The maximum absolute atomic E-state index is 13.1. The molecule has 112 valence electrons. The number of para-hydroxylation sites is 1. The van der Waals surface area contributed by atoms with E-state index in [0.717, 1.165) is 5.52 Å². The summed E-state index contributed by atoms with van der Waals surface area (Å²) in [4.78, 5) is 12.0. The van der Waals surface area contributed by atoms with Gasteiger partial charge >= 0.3 is 0 Å². The van der Waals surface area contributed by atoms with Gasteiger partial charge in [0.25, 0.3) is 0 Å². The van der Waals surface area contributed by atoms with Gasteiger partial charge in [-0.2, -0.15) is 5.10 Å². The van der Waals surface area contributed by atoms with Gasteiger partial charge in [-0.3, -0.25) is 9.48 Å². The van der Waals surface area contributed by atoms with Crippen LogP contribution in [0.4, 0.5) is 4.39 Å². The first-order valence-corrected chi connectivity index (χ1v) is 7.48. The van der Waals surface area contributed by atoms with E-state index in [9.17, 15) is 9.18 Å². The van der Waals surface area contributed by atoms with Gasteiger partial charge in [0.15, 0.2) is 4.60 Å². The highest BCUT2D eigenvalue weighted by atomic mass is 79.9. The van der Waals surface area contributed by atoms with E-state index in [-0.39, 0.29) is 15.8 Å². The van der Waals surface area contributed by atoms with E-state index < -0.39 is 0 Å². The van der Waals surface area contributed by atoms with Gasteiger partial charge in [-0.1, -0.05) is 18.2 Å². The molecule has 0 bridgehead atoms. The molecule has 22 heavy (non-hydrogen) atoms. The standard InChI is InChI=1S/C16H12BrFN2O2/c17-16-15(21)13-6-1-2-7-14(13)20(19-16)8-9-22-12-5-3-4-11(18)10-12/h1-7,10H,8-9H2. The molecule has 0 radical (unpaired) electrons. The van der Waals surface area contributed by atoms with E-state index in [1.165, 1.54) is 12.1 Å². The van der Waals surface area contributed by atoms with Gasteiger partial charge < -0.3 is 4.74 Å². The Hall–Kier alpha value is -2.21. The van der Waals surface area contributed by atoms with Gasteiger partial charge in [0.2, 0.25) is 5.43 Å². The van der Waals surface area contributed by atoms with E-state index in [4.69, 9.17) is 4.74 Å². The summed E-state index contributed by atoms with van der Waals surface area (Å²) in [6.07, 6.45) is 0. The van der Waals surface area contributed by atoms with Gasteiger partial charge in [0.1, 0.15) is 18.2 Å². The average molecular weight is 363 g/mol. The third kappa shape index (κ3) is 3.01. The first-order chi connectivity index (χ1) is 10.6. The van der Waals surface area contributed by atoms with E-state index in [0.29, 0.717) is 24.3 Å². The SMILES string of the molecule is O=c1c(Br)nn(CCOc2cccc(F)c2)c2ccccc12. The maximum atomic E-state index is 13.1. The predicted molar refractivity (Wildman–Crippen MR) is 85.6 cm³/mol. The number of benzene rings is 2. The fourth-order valence-electron chi connectivity index (χ4n) is 2.18. The Morgan fingerprint density at radius 2 is 2.00 bits per heavy atom. The Kier molecular flexibility index (Phi) is 4.20. The molecule has 3 aromatic rings. The predicted octanol–water partition coefficient (Wildman–Crippen LogP) is 3.38. The van der Waals surface area contributed by atoms with Crippen molar-refractivity contribution in [3.8, 4) is 5.75 Å². The molecule has 0 saturated heterocycles. The molecule has 0 aliphatic carbocycles. The lowest BCUT2D eigenvalue weighted by atomic mass is 10.2. The number of hydrogen-bond acceptors (Lipinski definition) is 3. The third-order valence-electron chi connectivity index (χ3n) is 3.19. The summed E-state index contributed by atoms with van der Waals surface area (Å²) in [5.74, 6) is 0.122. The Morgan fingerprint density at radius 1 is 1.18 bits per heavy atom. The van der Waals surface area contributed by atoms with Gasteiger partial charge in [-0.25, -0.2) is 4.39 Å². The zero-order valence-corrected chi connectivity index (χ0v) is 13.1. The van der Waals surface area contributed by atoms with Crippen molar-refractivity contribution in [3.63, 3.8) is 0 Å². The largest absolute Gasteiger partial charge is 0.492 e. The molecule has 6 heteroatoms. The minimum atomic E-state index is -0.341. The molecule has 0 amide bonds. The minimum absolute atomic E-state index is 0.141. The van der Waals surface area contributed by atoms with Crippen LogP contribution in [-0.4, -0.2) is 16.4 Å². The van der Waals surface area contributed by atoms with Crippen LogP contribution in [0.2, 0.25) is 0 Å². The third-order valence-corrected chi connectivity index (χ3v) is 3.71. The van der Waals surface area contributed by atoms with Crippen molar-refractivity contribution in [1.29, 1.82) is 0 Å². The van der Waals surface area contributed by atoms with Crippen LogP contribution in [0.3, 0.4) is 0 Å². The van der Waals surface area contributed by atoms with Gasteiger partial charge in [-0.05, 0) is 40.2 Å². The van der Waals surface area contributed by atoms with Crippen LogP contribution in [0.1, 0.15) is 0 Å². The second-order valence-electron chi connectivity index (χ2n) is 4.67. The Labute approximate surface area is 134 Å². The molecule has 1 heterocycles. The molecular weight excluding hydrogens is 351 g/mol. The summed E-state index contributed by atoms with van der Waals surface area (Å²) >= 11 is 3.18. The van der Waals surface area contributed by atoms with Crippen molar-refractivity contribution < 1.29 is 9.13 Å². The molecule has 1 aromatic heterocycles. The molecular formula is C16H12BrFN2O2. The molecule has 0 unspecified atom stereocenters. The lowest BCUT2D eigenvalue weighted by Crippen LogP contribution is -2.18. The highest BCUT2D eigenvalue weighted by Gasteiger charge is 2.08. The van der Waals surface area contributed by atoms with Crippen molar-refractivity contribution in [3.05, 3.63) is 69.2 Å². The summed E-state index contributed by atoms with van der Waals surface area (Å²) in [5.41, 5.74) is 0.594. The Balaban J connectivity index is 1.82. The lowest BCUT2D eigenvalue weighted by Gasteiger charge is -2.11. The van der Waals surface area contributed by atoms with Crippen LogP contribution in [-0.2, 0) is 6.54 Å². The molecule has 0 atom stereocenters. The Bertz CT molecular complexity index is 879. The number of fused-ring (bicyclic) bond motifs is 1. The second-order valence-corrected chi connectivity index (χ2v) is 5.42. The Morgan fingerprint density at radius 3 is 2.82 bits per heavy atom. The summed E-state index contributed by atoms with van der Waals surface area (Å²) in [6.45, 7) is 0.756. The number of rotatable bonds is 4. The van der Waals surface area contributed by atoms with Gasteiger partial charge in [-0.15, -0.1) is 0 Å². The van der Waals surface area contributed by atoms with Crippen molar-refractivity contribution in [1.82, 2.24) is 9.78 Å². The molecule has 0 aliphatic heterocycles. The molecule has 0 spiro atoms. The topological polar surface area (TPSA) is 44.1 Å². The quantitative estimate of drug-likeness (QED) is 0.714. The zero-order chi connectivity index (χ0) is 15.5. The number of nitrogens with zero attached hydrogens (tertiary/aromatic N) is 2. The van der Waals surface area contributed by atoms with Crippen LogP contribution in [0.5, 0.6) is 5.75 Å². The number of ether oxygens (including phenoxy) is 1. The van der Waals surface area contributed by atoms with Crippen molar-refractivity contribution in [2.75, 3.05) is 6.61 Å². The summed E-state index contributed by atoms with van der Waals surface area (Å²) in [5, 5.41) is 4.81. The summed E-state index contributed by atoms with van der Waals surface area (Å²) in [7, 11) is 0. The minimum Gasteiger partial charge on any atom is -0.492 e. The summed E-state index contributed by atoms with van der Waals surface area (Å²) in [6, 6.07) is 13.2. The fraction of sp³-hybridized carbons (Fsp3) is 0.125. The number of aromatic nitrogens is 2. The van der Waals surface area contributed by atoms with Gasteiger partial charge in [0.05, 0.1) is 17.4 Å². The normalized spacial score (nSPS) is 10.8. The number of halogens is 2. The summed E-state index contributed by atoms with van der Waals surface area (Å²) < 4.78 is 20.6. The first kappa shape index (κ1) is 14.7. The maximum Gasteiger partial charge on any atom is 0.222 e. The van der Waals surface area contributed by atoms with Crippen LogP contribution in [0.25, 0.3) is 10.9 Å².